The first-order valence-corrected chi connectivity index (χ1v) is 11.0. The van der Waals surface area contributed by atoms with Gasteiger partial charge in [-0.1, -0.05) is 36.5 Å². The fraction of sp³-hybridized carbons (Fsp3) is 0.429. The number of amides is 2. The Balaban J connectivity index is 1.98. The predicted octanol–water partition coefficient (Wildman–Crippen LogP) is 3.05. The Morgan fingerprint density at radius 1 is 1.23 bits per heavy atom. The van der Waals surface area contributed by atoms with Gasteiger partial charge in [0.2, 0.25) is 5.91 Å². The highest BCUT2D eigenvalue weighted by Gasteiger charge is 2.38. The number of thioether (sulfide) groups is 1. The minimum atomic E-state index is -0.826. The lowest BCUT2D eigenvalue weighted by atomic mass is 10.1. The molecule has 1 saturated heterocycles. The Bertz CT molecular complexity index is 887. The molecule has 2 N–H and O–H groups in total. The molecule has 31 heavy (non-hydrogen) atoms. The molecule has 2 rings (SSSR count). The van der Waals surface area contributed by atoms with Gasteiger partial charge in [0.25, 0.3) is 5.91 Å². The van der Waals surface area contributed by atoms with Crippen LogP contribution in [0.15, 0.2) is 23.1 Å². The summed E-state index contributed by atoms with van der Waals surface area (Å²) < 4.78 is 10.8. The molecular weight excluding hydrogens is 440 g/mol. The molecule has 0 radical (unpaired) electrons. The number of hydrogen-bond acceptors (Lipinski definition) is 7. The van der Waals surface area contributed by atoms with Crippen LogP contribution in [0.2, 0.25) is 0 Å². The van der Waals surface area contributed by atoms with Crippen molar-refractivity contribution in [3.63, 3.8) is 0 Å². The van der Waals surface area contributed by atoms with Gasteiger partial charge in [-0.3, -0.25) is 19.3 Å². The number of nitrogens with zero attached hydrogens (tertiary/aromatic N) is 1. The fourth-order valence-electron chi connectivity index (χ4n) is 2.96. The van der Waals surface area contributed by atoms with Crippen molar-refractivity contribution < 1.29 is 29.0 Å². The van der Waals surface area contributed by atoms with E-state index in [1.807, 2.05) is 0 Å². The quantitative estimate of drug-likeness (QED) is 0.291. The zero-order valence-electron chi connectivity index (χ0n) is 17.7. The van der Waals surface area contributed by atoms with E-state index in [-0.39, 0.29) is 18.2 Å². The molecule has 1 aliphatic rings. The number of carbonyl (C=O) groups is 3. The zero-order chi connectivity index (χ0) is 23.0. The van der Waals surface area contributed by atoms with Crippen LogP contribution in [0.5, 0.6) is 11.5 Å². The molecule has 0 saturated carbocycles. The van der Waals surface area contributed by atoms with E-state index >= 15 is 0 Å². The van der Waals surface area contributed by atoms with Crippen LogP contribution < -0.4 is 14.8 Å². The summed E-state index contributed by atoms with van der Waals surface area (Å²) in [5.74, 6) is -0.327. The second kappa shape index (κ2) is 11.7. The van der Waals surface area contributed by atoms with Crippen LogP contribution in [0.3, 0.4) is 0 Å². The van der Waals surface area contributed by atoms with E-state index in [9.17, 15) is 14.4 Å². The van der Waals surface area contributed by atoms with Crippen LogP contribution in [0.25, 0.3) is 6.08 Å². The lowest BCUT2D eigenvalue weighted by Crippen LogP contribution is -2.47. The van der Waals surface area contributed by atoms with Crippen molar-refractivity contribution >= 4 is 52.2 Å². The SMILES string of the molecule is COc1ccc(/C=C2\SC(=S)N(C(C)C(=O)NCCCCCC(=O)O)C2=O)cc1OC. The normalized spacial score (nSPS) is 15.8. The van der Waals surface area contributed by atoms with Gasteiger partial charge < -0.3 is 19.9 Å². The molecule has 1 unspecified atom stereocenters. The van der Waals surface area contributed by atoms with Crippen molar-refractivity contribution in [2.24, 2.45) is 0 Å². The van der Waals surface area contributed by atoms with Gasteiger partial charge in [0, 0.05) is 13.0 Å². The van der Waals surface area contributed by atoms with Crippen LogP contribution >= 0.6 is 24.0 Å². The molecule has 0 bridgehead atoms. The Morgan fingerprint density at radius 3 is 2.58 bits per heavy atom. The van der Waals surface area contributed by atoms with E-state index in [2.05, 4.69) is 5.32 Å². The van der Waals surface area contributed by atoms with Gasteiger partial charge in [0.15, 0.2) is 11.5 Å². The number of ether oxygens (including phenoxy) is 2. The second-order valence-corrected chi connectivity index (χ2v) is 8.51. The molecule has 1 fully saturated rings. The van der Waals surface area contributed by atoms with Crippen molar-refractivity contribution in [1.29, 1.82) is 0 Å². The van der Waals surface area contributed by atoms with Gasteiger partial charge in [-0.05, 0) is 43.5 Å². The van der Waals surface area contributed by atoms with E-state index < -0.39 is 12.0 Å². The number of hydrogen-bond donors (Lipinski definition) is 2. The molecular formula is C21H26N2O6S2. The van der Waals surface area contributed by atoms with Crippen molar-refractivity contribution in [1.82, 2.24) is 10.2 Å². The van der Waals surface area contributed by atoms with E-state index in [0.717, 1.165) is 17.3 Å². The van der Waals surface area contributed by atoms with Gasteiger partial charge in [-0.15, -0.1) is 0 Å². The summed E-state index contributed by atoms with van der Waals surface area (Å²) in [7, 11) is 3.08. The van der Waals surface area contributed by atoms with Crippen molar-refractivity contribution in [2.45, 2.75) is 38.6 Å². The smallest absolute Gasteiger partial charge is 0.303 e. The highest BCUT2D eigenvalue weighted by Crippen LogP contribution is 2.35. The number of methoxy groups -OCH3 is 2. The van der Waals surface area contributed by atoms with E-state index in [1.165, 1.54) is 12.0 Å². The molecule has 1 aromatic carbocycles. The lowest BCUT2D eigenvalue weighted by molar-refractivity contribution is -0.137. The molecule has 0 aromatic heterocycles. The van der Waals surface area contributed by atoms with Gasteiger partial charge in [-0.2, -0.15) is 0 Å². The lowest BCUT2D eigenvalue weighted by Gasteiger charge is -2.22. The van der Waals surface area contributed by atoms with Crippen LogP contribution in [0.1, 0.15) is 38.2 Å². The number of nitrogens with one attached hydrogen (secondary N) is 1. The van der Waals surface area contributed by atoms with Crippen molar-refractivity contribution in [3.8, 4) is 11.5 Å². The number of benzene rings is 1. The third-order valence-corrected chi connectivity index (χ3v) is 5.99. The Kier molecular flexibility index (Phi) is 9.32. The first-order chi connectivity index (χ1) is 14.8. The molecule has 1 atom stereocenters. The summed E-state index contributed by atoms with van der Waals surface area (Å²) in [6.45, 7) is 2.04. The molecule has 2 amide bonds. The molecule has 168 valence electrons. The summed E-state index contributed by atoms with van der Waals surface area (Å²) >= 11 is 6.48. The average molecular weight is 467 g/mol. The summed E-state index contributed by atoms with van der Waals surface area (Å²) in [6.07, 6.45) is 3.76. The Hall–Kier alpha value is -2.59. The maximum Gasteiger partial charge on any atom is 0.303 e. The summed E-state index contributed by atoms with van der Waals surface area (Å²) in [6, 6.07) is 4.56. The first kappa shape index (κ1) is 24.7. The third-order valence-electron chi connectivity index (χ3n) is 4.66. The maximum absolute atomic E-state index is 12.9. The van der Waals surface area contributed by atoms with Gasteiger partial charge >= 0.3 is 5.97 Å². The number of carboxylic acid groups (broad SMARTS) is 1. The largest absolute Gasteiger partial charge is 0.493 e. The molecule has 1 heterocycles. The van der Waals surface area contributed by atoms with Gasteiger partial charge in [0.1, 0.15) is 10.4 Å². The van der Waals surface area contributed by atoms with Crippen LogP contribution in [-0.2, 0) is 14.4 Å². The minimum Gasteiger partial charge on any atom is -0.493 e. The summed E-state index contributed by atoms with van der Waals surface area (Å²) in [5.41, 5.74) is 0.747. The molecule has 8 nitrogen and oxygen atoms in total. The Labute approximate surface area is 191 Å². The van der Waals surface area contributed by atoms with Crippen LogP contribution in [0.4, 0.5) is 0 Å². The third kappa shape index (κ3) is 6.70. The fourth-order valence-corrected chi connectivity index (χ4v) is 4.38. The van der Waals surface area contributed by atoms with Gasteiger partial charge in [-0.25, -0.2) is 0 Å². The van der Waals surface area contributed by atoms with E-state index in [0.29, 0.717) is 46.5 Å². The highest BCUT2D eigenvalue weighted by molar-refractivity contribution is 8.26. The van der Waals surface area contributed by atoms with Crippen LogP contribution in [0, 0.1) is 0 Å². The molecule has 0 aliphatic carbocycles. The van der Waals surface area contributed by atoms with Crippen molar-refractivity contribution in [2.75, 3.05) is 20.8 Å². The molecule has 10 heteroatoms. The number of rotatable bonds is 11. The summed E-state index contributed by atoms with van der Waals surface area (Å²) in [4.78, 5) is 37.6. The molecule has 0 spiro atoms. The number of thiocarbonyl (C=S) groups is 1. The number of carboxylic acids is 1. The number of unbranched alkanes of at least 4 members (excludes halogenated alkanes) is 2. The Morgan fingerprint density at radius 2 is 1.94 bits per heavy atom. The predicted molar refractivity (Wildman–Crippen MR) is 123 cm³/mol. The van der Waals surface area contributed by atoms with Crippen LogP contribution in [-0.4, -0.2) is 58.9 Å². The zero-order valence-corrected chi connectivity index (χ0v) is 19.3. The monoisotopic (exact) mass is 466 g/mol. The maximum atomic E-state index is 12.9. The first-order valence-electron chi connectivity index (χ1n) is 9.77. The van der Waals surface area contributed by atoms with Gasteiger partial charge in [0.05, 0.1) is 19.1 Å². The number of aliphatic carboxylic acids is 1. The average Bonchev–Trinajstić information content (AvgIpc) is 3.02. The minimum absolute atomic E-state index is 0.118. The summed E-state index contributed by atoms with van der Waals surface area (Å²) in [5, 5.41) is 11.4. The molecule has 1 aromatic rings. The molecule has 1 aliphatic heterocycles. The standard InChI is InChI=1S/C21H26N2O6S2/c1-13(19(26)22-10-6-4-5-7-18(24)25)23-20(27)17(31-21(23)30)12-14-8-9-15(28-2)16(11-14)29-3/h8-9,11-13H,4-7,10H2,1-3H3,(H,22,26)(H,24,25)/b17-12-. The van der Waals surface area contributed by atoms with E-state index in [4.69, 9.17) is 26.8 Å². The number of carbonyl (C=O) groups excluding carboxylic acids is 2. The second-order valence-electron chi connectivity index (χ2n) is 6.84. The topological polar surface area (TPSA) is 105 Å². The van der Waals surface area contributed by atoms with E-state index in [1.54, 1.807) is 38.3 Å². The highest BCUT2D eigenvalue weighted by atomic mass is 32.2. The van der Waals surface area contributed by atoms with Crippen molar-refractivity contribution in [3.05, 3.63) is 28.7 Å².